The smallest absolute Gasteiger partial charge is 0.337 e. The molecule has 1 fully saturated rings. The van der Waals surface area contributed by atoms with E-state index < -0.39 is 23.5 Å². The van der Waals surface area contributed by atoms with Crippen molar-refractivity contribution < 1.29 is 24.2 Å². The molecule has 108 valence electrons. The molecular weight excluding hydrogens is 260 g/mol. The Morgan fingerprint density at radius 2 is 2.05 bits per heavy atom. The number of esters is 1. The molecule has 0 aromatic heterocycles. The second kappa shape index (κ2) is 4.02. The van der Waals surface area contributed by atoms with E-state index in [0.717, 1.165) is 18.4 Å². The highest BCUT2D eigenvalue weighted by molar-refractivity contribution is 6.11. The summed E-state index contributed by atoms with van der Waals surface area (Å²) in [7, 11) is 0. The van der Waals surface area contributed by atoms with Crippen molar-refractivity contribution in [1.82, 2.24) is 0 Å². The molecule has 2 heterocycles. The molecule has 0 amide bonds. The lowest BCUT2D eigenvalue weighted by atomic mass is 9.86. The van der Waals surface area contributed by atoms with Gasteiger partial charge in [0.25, 0.3) is 0 Å². The summed E-state index contributed by atoms with van der Waals surface area (Å²) in [6.45, 7) is 5.25. The Morgan fingerprint density at radius 3 is 2.75 bits per heavy atom. The molecule has 20 heavy (non-hydrogen) atoms. The lowest BCUT2D eigenvalue weighted by Crippen LogP contribution is -2.38. The SMILES string of the molecule is CC1=C2C(=O)C3OC3(C)CC/C=C(\C)CC2(O)OC1=O. The van der Waals surface area contributed by atoms with E-state index in [1.165, 1.54) is 6.92 Å². The highest BCUT2D eigenvalue weighted by Crippen LogP contribution is 2.47. The first-order valence-electron chi connectivity index (χ1n) is 6.81. The molecule has 3 unspecified atom stereocenters. The van der Waals surface area contributed by atoms with Gasteiger partial charge in [0.05, 0.1) is 5.57 Å². The normalized spacial score (nSPS) is 43.4. The first-order chi connectivity index (χ1) is 9.27. The van der Waals surface area contributed by atoms with Crippen LogP contribution >= 0.6 is 0 Å². The fourth-order valence-electron chi connectivity index (χ4n) is 3.12. The maximum atomic E-state index is 12.6. The molecule has 1 aliphatic carbocycles. The minimum atomic E-state index is -1.84. The molecule has 0 aromatic carbocycles. The van der Waals surface area contributed by atoms with Crippen LogP contribution in [0.3, 0.4) is 0 Å². The molecule has 0 bridgehead atoms. The number of fused-ring (bicyclic) bond motifs is 2. The quantitative estimate of drug-likeness (QED) is 0.412. The van der Waals surface area contributed by atoms with Crippen molar-refractivity contribution >= 4 is 11.8 Å². The van der Waals surface area contributed by atoms with E-state index in [2.05, 4.69) is 0 Å². The Balaban J connectivity index is 2.08. The maximum Gasteiger partial charge on any atom is 0.337 e. The van der Waals surface area contributed by atoms with Crippen LogP contribution < -0.4 is 0 Å². The Hall–Kier alpha value is -1.46. The summed E-state index contributed by atoms with van der Waals surface area (Å²) in [5.41, 5.74) is 0.642. The number of rotatable bonds is 0. The third kappa shape index (κ3) is 1.84. The highest BCUT2D eigenvalue weighted by Gasteiger charge is 2.61. The standard InChI is InChI=1S/C15H18O5/c1-8-5-4-6-14(3)12(19-14)11(16)10-9(2)13(17)20-15(10,18)7-8/h5,12,18H,4,6-7H2,1-3H3/b8-5+. The van der Waals surface area contributed by atoms with Crippen LogP contribution in [0.25, 0.3) is 0 Å². The molecule has 1 saturated heterocycles. The van der Waals surface area contributed by atoms with Crippen molar-refractivity contribution in [3.63, 3.8) is 0 Å². The van der Waals surface area contributed by atoms with Crippen LogP contribution in [0.1, 0.15) is 40.0 Å². The van der Waals surface area contributed by atoms with E-state index in [1.54, 1.807) is 0 Å². The molecule has 2 aliphatic heterocycles. The predicted octanol–water partition coefficient (Wildman–Crippen LogP) is 1.41. The average molecular weight is 278 g/mol. The molecule has 0 radical (unpaired) electrons. The lowest BCUT2D eigenvalue weighted by Gasteiger charge is -2.25. The molecule has 0 saturated carbocycles. The number of carbonyl (C=O) groups excluding carboxylic acids is 2. The summed E-state index contributed by atoms with van der Waals surface area (Å²) >= 11 is 0. The van der Waals surface area contributed by atoms with Crippen molar-refractivity contribution in [3.05, 3.63) is 22.8 Å². The molecule has 3 rings (SSSR count). The predicted molar refractivity (Wildman–Crippen MR) is 69.6 cm³/mol. The summed E-state index contributed by atoms with van der Waals surface area (Å²) in [6.07, 6.45) is 3.06. The summed E-state index contributed by atoms with van der Waals surface area (Å²) in [5.74, 6) is -2.80. The van der Waals surface area contributed by atoms with Crippen molar-refractivity contribution in [2.75, 3.05) is 0 Å². The number of aliphatic hydroxyl groups is 1. The monoisotopic (exact) mass is 278 g/mol. The van der Waals surface area contributed by atoms with E-state index in [9.17, 15) is 14.7 Å². The highest BCUT2D eigenvalue weighted by atomic mass is 16.7. The zero-order valence-electron chi connectivity index (χ0n) is 11.9. The van der Waals surface area contributed by atoms with Crippen molar-refractivity contribution in [2.24, 2.45) is 0 Å². The summed E-state index contributed by atoms with van der Waals surface area (Å²) in [5, 5.41) is 10.6. The number of allylic oxidation sites excluding steroid dienone is 1. The minimum Gasteiger partial charge on any atom is -0.425 e. The van der Waals surface area contributed by atoms with Crippen molar-refractivity contribution in [3.8, 4) is 0 Å². The van der Waals surface area contributed by atoms with E-state index >= 15 is 0 Å². The van der Waals surface area contributed by atoms with Crippen LogP contribution in [0, 0.1) is 0 Å². The molecule has 5 nitrogen and oxygen atoms in total. The van der Waals surface area contributed by atoms with Gasteiger partial charge in [-0.2, -0.15) is 0 Å². The van der Waals surface area contributed by atoms with Gasteiger partial charge in [0, 0.05) is 12.0 Å². The van der Waals surface area contributed by atoms with Gasteiger partial charge in [-0.05, 0) is 33.6 Å². The third-order valence-electron chi connectivity index (χ3n) is 4.35. The van der Waals surface area contributed by atoms with E-state index in [1.807, 2.05) is 19.9 Å². The van der Waals surface area contributed by atoms with Gasteiger partial charge in [0.15, 0.2) is 5.78 Å². The number of ether oxygens (including phenoxy) is 2. The Labute approximate surface area is 117 Å². The van der Waals surface area contributed by atoms with Gasteiger partial charge in [-0.15, -0.1) is 0 Å². The second-order valence-corrected chi connectivity index (χ2v) is 6.11. The first kappa shape index (κ1) is 13.5. The maximum absolute atomic E-state index is 12.6. The second-order valence-electron chi connectivity index (χ2n) is 6.11. The topological polar surface area (TPSA) is 76.1 Å². The Kier molecular flexibility index (Phi) is 2.72. The number of epoxide rings is 1. The number of Topliss-reactive ketones (excluding diaryl/α,β-unsaturated/α-hetero) is 1. The number of hydrogen-bond donors (Lipinski definition) is 1. The van der Waals surface area contributed by atoms with Crippen LogP contribution in [0.5, 0.6) is 0 Å². The van der Waals surface area contributed by atoms with Crippen LogP contribution in [0.15, 0.2) is 22.8 Å². The molecule has 5 heteroatoms. The van der Waals surface area contributed by atoms with Gasteiger partial charge >= 0.3 is 5.97 Å². The van der Waals surface area contributed by atoms with E-state index in [0.29, 0.717) is 0 Å². The molecule has 3 atom stereocenters. The van der Waals surface area contributed by atoms with Gasteiger partial charge in [-0.1, -0.05) is 11.6 Å². The fourth-order valence-corrected chi connectivity index (χ4v) is 3.12. The van der Waals surface area contributed by atoms with Gasteiger partial charge in [0.1, 0.15) is 11.7 Å². The summed E-state index contributed by atoms with van der Waals surface area (Å²) in [4.78, 5) is 24.3. The third-order valence-corrected chi connectivity index (χ3v) is 4.35. The molecular formula is C15H18O5. The minimum absolute atomic E-state index is 0.0610. The number of ketones is 1. The van der Waals surface area contributed by atoms with Gasteiger partial charge < -0.3 is 14.6 Å². The van der Waals surface area contributed by atoms with Crippen LogP contribution in [0.2, 0.25) is 0 Å². The Bertz CT molecular complexity index is 573. The summed E-state index contributed by atoms with van der Waals surface area (Å²) in [6, 6.07) is 0. The average Bonchev–Trinajstić information content (AvgIpc) is 2.93. The zero-order chi connectivity index (χ0) is 14.7. The lowest BCUT2D eigenvalue weighted by molar-refractivity contribution is -0.181. The molecule has 0 aromatic rings. The van der Waals surface area contributed by atoms with Crippen molar-refractivity contribution in [2.45, 2.75) is 57.5 Å². The Morgan fingerprint density at radius 1 is 1.35 bits per heavy atom. The van der Waals surface area contributed by atoms with Gasteiger partial charge in [-0.3, -0.25) is 4.79 Å². The largest absolute Gasteiger partial charge is 0.425 e. The van der Waals surface area contributed by atoms with Crippen LogP contribution in [-0.4, -0.2) is 34.4 Å². The molecule has 3 aliphatic rings. The van der Waals surface area contributed by atoms with E-state index in [4.69, 9.17) is 9.47 Å². The van der Waals surface area contributed by atoms with Gasteiger partial charge in [0.2, 0.25) is 5.79 Å². The fraction of sp³-hybridized carbons (Fsp3) is 0.600. The van der Waals surface area contributed by atoms with Gasteiger partial charge in [-0.25, -0.2) is 4.79 Å². The molecule has 0 spiro atoms. The zero-order valence-corrected chi connectivity index (χ0v) is 11.9. The first-order valence-corrected chi connectivity index (χ1v) is 6.81. The van der Waals surface area contributed by atoms with Crippen LogP contribution in [-0.2, 0) is 19.1 Å². The van der Waals surface area contributed by atoms with E-state index in [-0.39, 0.29) is 23.4 Å². The van der Waals surface area contributed by atoms with Crippen LogP contribution in [0.4, 0.5) is 0 Å². The number of carbonyl (C=O) groups is 2. The number of hydrogen-bond acceptors (Lipinski definition) is 5. The summed E-state index contributed by atoms with van der Waals surface area (Å²) < 4.78 is 10.6. The van der Waals surface area contributed by atoms with Crippen molar-refractivity contribution in [1.29, 1.82) is 0 Å². The molecule has 1 N–H and O–H groups in total.